The second kappa shape index (κ2) is 6.64. The molecule has 6 heteroatoms. The van der Waals surface area contributed by atoms with Crippen molar-refractivity contribution in [3.8, 4) is 0 Å². The minimum atomic E-state index is -0.391. The highest BCUT2D eigenvalue weighted by Crippen LogP contribution is 2.25. The summed E-state index contributed by atoms with van der Waals surface area (Å²) in [4.78, 5) is 17.1. The number of aromatic nitrogens is 1. The highest BCUT2D eigenvalue weighted by molar-refractivity contribution is 7.16. The van der Waals surface area contributed by atoms with Gasteiger partial charge in [0.1, 0.15) is 5.82 Å². The average Bonchev–Trinajstić information content (AvgIpc) is 2.87. The van der Waals surface area contributed by atoms with Gasteiger partial charge in [0, 0.05) is 12.1 Å². The number of carbonyl (C=O) groups excluding carboxylic acids is 1. The fraction of sp³-hybridized carbons (Fsp3) is 0.176. The van der Waals surface area contributed by atoms with Gasteiger partial charge in [-0.3, -0.25) is 4.79 Å². The van der Waals surface area contributed by atoms with Gasteiger partial charge in [0.05, 0.1) is 15.2 Å². The first kappa shape index (κ1) is 15.9. The van der Waals surface area contributed by atoms with E-state index in [1.54, 1.807) is 0 Å². The van der Waals surface area contributed by atoms with E-state index in [9.17, 15) is 9.18 Å². The minimum Gasteiger partial charge on any atom is -0.315 e. The highest BCUT2D eigenvalue weighted by atomic mass is 35.5. The summed E-state index contributed by atoms with van der Waals surface area (Å²) in [5, 5.41) is 0.642. The number of hydrogen-bond acceptors (Lipinski definition) is 2. The molecule has 1 amide bonds. The van der Waals surface area contributed by atoms with Gasteiger partial charge in [0.15, 0.2) is 4.80 Å². The topological polar surface area (TPSA) is 34.4 Å². The lowest BCUT2D eigenvalue weighted by atomic mass is 10.2. The zero-order valence-corrected chi connectivity index (χ0v) is 14.0. The van der Waals surface area contributed by atoms with Crippen LogP contribution in [0.25, 0.3) is 10.2 Å². The van der Waals surface area contributed by atoms with E-state index in [4.69, 9.17) is 11.6 Å². The van der Waals surface area contributed by atoms with Gasteiger partial charge in [0.2, 0.25) is 0 Å². The number of hydrogen-bond donors (Lipinski definition) is 0. The van der Waals surface area contributed by atoms with Crippen molar-refractivity contribution < 1.29 is 9.18 Å². The van der Waals surface area contributed by atoms with Gasteiger partial charge >= 0.3 is 0 Å². The van der Waals surface area contributed by atoms with Crippen LogP contribution in [0.3, 0.4) is 0 Å². The van der Waals surface area contributed by atoms with E-state index in [2.05, 4.69) is 11.9 Å². The van der Waals surface area contributed by atoms with E-state index in [1.807, 2.05) is 22.8 Å². The standard InChI is InChI=1S/C17H14ClFN2OS/c1-2-10-21-15-13(18)4-3-5-14(15)23-17(21)20-16(22)11-6-8-12(19)9-7-11/h3-9H,2,10H2,1H3. The molecule has 0 aliphatic carbocycles. The Morgan fingerprint density at radius 1 is 1.26 bits per heavy atom. The molecule has 0 saturated heterocycles. The summed E-state index contributed by atoms with van der Waals surface area (Å²) < 4.78 is 15.9. The summed E-state index contributed by atoms with van der Waals surface area (Å²) in [6.45, 7) is 2.78. The maximum absolute atomic E-state index is 13.0. The normalized spacial score (nSPS) is 12.0. The van der Waals surface area contributed by atoms with Gasteiger partial charge < -0.3 is 4.57 Å². The number of nitrogens with zero attached hydrogens (tertiary/aromatic N) is 2. The molecule has 1 heterocycles. The Kier molecular flexibility index (Phi) is 4.59. The molecule has 0 fully saturated rings. The van der Waals surface area contributed by atoms with Crippen molar-refractivity contribution in [3.05, 3.63) is 63.7 Å². The number of rotatable bonds is 3. The van der Waals surface area contributed by atoms with Crippen LogP contribution in [0, 0.1) is 5.82 Å². The van der Waals surface area contributed by atoms with Gasteiger partial charge in [-0.05, 0) is 42.8 Å². The van der Waals surface area contributed by atoms with Crippen LogP contribution in [-0.2, 0) is 6.54 Å². The fourth-order valence-corrected chi connectivity index (χ4v) is 3.76. The van der Waals surface area contributed by atoms with E-state index in [1.165, 1.54) is 35.6 Å². The third-order valence-corrected chi connectivity index (χ3v) is 4.74. The molecule has 0 N–H and O–H groups in total. The molecule has 3 nitrogen and oxygen atoms in total. The molecule has 3 rings (SSSR count). The Hall–Kier alpha value is -1.98. The van der Waals surface area contributed by atoms with Crippen LogP contribution in [0.5, 0.6) is 0 Å². The lowest BCUT2D eigenvalue weighted by Gasteiger charge is -2.04. The smallest absolute Gasteiger partial charge is 0.279 e. The Labute approximate surface area is 141 Å². The third kappa shape index (κ3) is 3.21. The number of carbonyl (C=O) groups is 1. The maximum Gasteiger partial charge on any atom is 0.279 e. The molecule has 0 spiro atoms. The number of para-hydroxylation sites is 1. The summed E-state index contributed by atoms with van der Waals surface area (Å²) >= 11 is 7.72. The zero-order chi connectivity index (χ0) is 16.4. The molecule has 0 radical (unpaired) electrons. The first-order valence-corrected chi connectivity index (χ1v) is 8.42. The van der Waals surface area contributed by atoms with Crippen LogP contribution < -0.4 is 4.80 Å². The number of benzene rings is 2. The quantitative estimate of drug-likeness (QED) is 0.678. The molecule has 0 saturated carbocycles. The molecule has 0 unspecified atom stereocenters. The second-order valence-electron chi connectivity index (χ2n) is 5.05. The van der Waals surface area contributed by atoms with E-state index in [0.29, 0.717) is 15.4 Å². The molecule has 0 bridgehead atoms. The Bertz CT molecular complexity index is 928. The number of amides is 1. The van der Waals surface area contributed by atoms with Crippen LogP contribution in [-0.4, -0.2) is 10.5 Å². The first-order valence-electron chi connectivity index (χ1n) is 7.22. The van der Waals surface area contributed by atoms with Crippen LogP contribution in [0.1, 0.15) is 23.7 Å². The molecule has 0 aliphatic rings. The zero-order valence-electron chi connectivity index (χ0n) is 12.4. The molecule has 0 aliphatic heterocycles. The SMILES string of the molecule is CCCn1c(=NC(=O)c2ccc(F)cc2)sc2cccc(Cl)c21. The van der Waals surface area contributed by atoms with Crippen molar-refractivity contribution in [1.82, 2.24) is 4.57 Å². The molecule has 3 aromatic rings. The maximum atomic E-state index is 13.0. The second-order valence-corrected chi connectivity index (χ2v) is 6.46. The lowest BCUT2D eigenvalue weighted by Crippen LogP contribution is -2.17. The largest absolute Gasteiger partial charge is 0.315 e. The van der Waals surface area contributed by atoms with Gasteiger partial charge in [-0.2, -0.15) is 4.99 Å². The third-order valence-electron chi connectivity index (χ3n) is 3.39. The van der Waals surface area contributed by atoms with E-state index in [0.717, 1.165) is 23.2 Å². The van der Waals surface area contributed by atoms with Gasteiger partial charge in [0.25, 0.3) is 5.91 Å². The van der Waals surface area contributed by atoms with Crippen molar-refractivity contribution in [2.45, 2.75) is 19.9 Å². The van der Waals surface area contributed by atoms with E-state index < -0.39 is 5.91 Å². The Morgan fingerprint density at radius 2 is 2.00 bits per heavy atom. The molecule has 1 aromatic heterocycles. The predicted molar refractivity (Wildman–Crippen MR) is 91.4 cm³/mol. The highest BCUT2D eigenvalue weighted by Gasteiger charge is 2.11. The minimum absolute atomic E-state index is 0.359. The molecule has 2 aromatic carbocycles. The van der Waals surface area contributed by atoms with Crippen molar-refractivity contribution in [2.24, 2.45) is 4.99 Å². The summed E-state index contributed by atoms with van der Waals surface area (Å²) in [6.07, 6.45) is 0.898. The molecular formula is C17H14ClFN2OS. The predicted octanol–water partition coefficient (Wildman–Crippen LogP) is 4.65. The molecule has 118 valence electrons. The van der Waals surface area contributed by atoms with E-state index in [-0.39, 0.29) is 5.82 Å². The van der Waals surface area contributed by atoms with Crippen molar-refractivity contribution in [2.75, 3.05) is 0 Å². The fourth-order valence-electron chi connectivity index (χ4n) is 2.35. The van der Waals surface area contributed by atoms with Crippen LogP contribution >= 0.6 is 22.9 Å². The summed E-state index contributed by atoms with van der Waals surface area (Å²) in [7, 11) is 0. The average molecular weight is 349 g/mol. The lowest BCUT2D eigenvalue weighted by molar-refractivity contribution is 0.0998. The number of fused-ring (bicyclic) bond motifs is 1. The molecule has 23 heavy (non-hydrogen) atoms. The summed E-state index contributed by atoms with van der Waals surface area (Å²) in [6, 6.07) is 11.0. The Balaban J connectivity index is 2.14. The van der Waals surface area contributed by atoms with Crippen LogP contribution in [0.2, 0.25) is 5.02 Å². The number of aryl methyl sites for hydroxylation is 1. The van der Waals surface area contributed by atoms with Gasteiger partial charge in [-0.1, -0.05) is 35.9 Å². The van der Waals surface area contributed by atoms with Crippen LogP contribution in [0.4, 0.5) is 4.39 Å². The summed E-state index contributed by atoms with van der Waals surface area (Å²) in [5.74, 6) is -0.770. The Morgan fingerprint density at radius 3 is 2.70 bits per heavy atom. The number of thiazole rings is 1. The van der Waals surface area contributed by atoms with Crippen molar-refractivity contribution in [1.29, 1.82) is 0 Å². The van der Waals surface area contributed by atoms with Crippen LogP contribution in [0.15, 0.2) is 47.5 Å². The molecule has 0 atom stereocenters. The van der Waals surface area contributed by atoms with Crippen molar-refractivity contribution >= 4 is 39.1 Å². The van der Waals surface area contributed by atoms with E-state index >= 15 is 0 Å². The monoisotopic (exact) mass is 348 g/mol. The van der Waals surface area contributed by atoms with Crippen molar-refractivity contribution in [3.63, 3.8) is 0 Å². The first-order chi connectivity index (χ1) is 11.1. The van der Waals surface area contributed by atoms with Gasteiger partial charge in [-0.25, -0.2) is 4.39 Å². The molecular weight excluding hydrogens is 335 g/mol. The number of halogens is 2. The van der Waals surface area contributed by atoms with Gasteiger partial charge in [-0.15, -0.1) is 0 Å². The summed E-state index contributed by atoms with van der Waals surface area (Å²) in [5.41, 5.74) is 1.25.